The molecule has 0 aliphatic heterocycles. The van der Waals surface area contributed by atoms with Gasteiger partial charge in [0.05, 0.1) is 0 Å². The zero-order valence-corrected chi connectivity index (χ0v) is 31.6. The minimum atomic E-state index is -1.13. The third kappa shape index (κ3) is 8.29. The Labute approximate surface area is 267 Å². The summed E-state index contributed by atoms with van der Waals surface area (Å²) in [6, 6.07) is 38.4. The largest absolute Gasteiger partial charge is 0.214 e. The van der Waals surface area contributed by atoms with Crippen molar-refractivity contribution in [3.05, 3.63) is 119 Å². The quantitative estimate of drug-likeness (QED) is 0.125. The average Bonchev–Trinajstić information content (AvgIpc) is 3.66. The maximum atomic E-state index is 3.55. The van der Waals surface area contributed by atoms with Gasteiger partial charge in [-0.1, -0.05) is 70.7 Å². The second-order valence-corrected chi connectivity index (χ2v) is 19.7. The molecule has 0 amide bonds. The van der Waals surface area contributed by atoms with Gasteiger partial charge in [0.25, 0.3) is 0 Å². The van der Waals surface area contributed by atoms with Gasteiger partial charge >= 0.3 is 110 Å². The van der Waals surface area contributed by atoms with E-state index in [9.17, 15) is 0 Å². The molecule has 4 aromatic carbocycles. The minimum absolute atomic E-state index is 0.177. The van der Waals surface area contributed by atoms with Gasteiger partial charge in [-0.3, -0.25) is 0 Å². The molecule has 41 heavy (non-hydrogen) atoms. The summed E-state index contributed by atoms with van der Waals surface area (Å²) in [6.07, 6.45) is 1.03. The summed E-state index contributed by atoms with van der Waals surface area (Å²) in [4.78, 5) is 0. The van der Waals surface area contributed by atoms with Gasteiger partial charge in [0, 0.05) is 0 Å². The summed E-state index contributed by atoms with van der Waals surface area (Å²) >= 11 is 1.15. The molecule has 0 saturated carbocycles. The van der Waals surface area contributed by atoms with Crippen LogP contribution in [0.3, 0.4) is 0 Å². The van der Waals surface area contributed by atoms with E-state index >= 15 is 0 Å². The molecule has 0 nitrogen and oxygen atoms in total. The first-order chi connectivity index (χ1) is 19.4. The molecule has 4 aromatic rings. The van der Waals surface area contributed by atoms with E-state index in [0.29, 0.717) is 0 Å². The van der Waals surface area contributed by atoms with Crippen LogP contribution in [0.1, 0.15) is 90.1 Å². The van der Waals surface area contributed by atoms with Crippen LogP contribution in [0.25, 0.3) is 11.1 Å². The second-order valence-electron chi connectivity index (χ2n) is 13.4. The Morgan fingerprint density at radius 2 is 1.41 bits per heavy atom. The van der Waals surface area contributed by atoms with E-state index in [4.69, 9.17) is 0 Å². The van der Waals surface area contributed by atoms with E-state index in [-0.39, 0.29) is 10.8 Å². The first kappa shape index (κ1) is 33.5. The van der Waals surface area contributed by atoms with Crippen molar-refractivity contribution in [1.82, 2.24) is 0 Å². The Kier molecular flexibility index (Phi) is 11.8. The van der Waals surface area contributed by atoms with Gasteiger partial charge in [-0.15, -0.1) is 5.56 Å². The molecule has 0 bridgehead atoms. The number of benzene rings is 3. The zero-order valence-electron chi connectivity index (χ0n) is 27.0. The summed E-state index contributed by atoms with van der Waals surface area (Å²) < 4.78 is 2.30. The molecule has 2 heteroatoms. The van der Waals surface area contributed by atoms with Gasteiger partial charge in [-0.25, -0.2) is 12.1 Å². The smallest absolute Gasteiger partial charge is 0.172 e. The van der Waals surface area contributed by atoms with Gasteiger partial charge in [-0.05, 0) is 23.0 Å². The summed E-state index contributed by atoms with van der Waals surface area (Å²) in [5.74, 6) is 0. The fraction of sp³-hybridized carbons (Fsp3) is 0.385. The van der Waals surface area contributed by atoms with Crippen molar-refractivity contribution in [2.45, 2.75) is 97.7 Å². The van der Waals surface area contributed by atoms with E-state index in [1.807, 2.05) is 30.3 Å². The number of hydrogen-bond donors (Lipinski definition) is 0. The van der Waals surface area contributed by atoms with Crippen molar-refractivity contribution in [3.63, 3.8) is 0 Å². The fourth-order valence-corrected chi connectivity index (χ4v) is 10.2. The van der Waals surface area contributed by atoms with Crippen LogP contribution in [-0.4, -0.2) is 11.8 Å². The molecule has 0 heterocycles. The van der Waals surface area contributed by atoms with Crippen molar-refractivity contribution in [3.8, 4) is 11.1 Å². The third-order valence-electron chi connectivity index (χ3n) is 8.80. The average molecular weight is 725 g/mol. The molecule has 1 aliphatic carbocycles. The van der Waals surface area contributed by atoms with Crippen molar-refractivity contribution < 1.29 is 23.9 Å². The predicted molar refractivity (Wildman–Crippen MR) is 181 cm³/mol. The van der Waals surface area contributed by atoms with Crippen molar-refractivity contribution in [1.29, 1.82) is 0 Å². The van der Waals surface area contributed by atoms with Crippen molar-refractivity contribution >= 4 is 17.0 Å². The van der Waals surface area contributed by atoms with E-state index < -0.39 is 8.07 Å². The predicted octanol–water partition coefficient (Wildman–Crippen LogP) is 10.2. The molecule has 214 valence electrons. The van der Waals surface area contributed by atoms with Gasteiger partial charge in [0.2, 0.25) is 0 Å². The Morgan fingerprint density at radius 1 is 0.805 bits per heavy atom. The van der Waals surface area contributed by atoms with Crippen LogP contribution in [0.2, 0.25) is 18.1 Å². The second kappa shape index (κ2) is 14.4. The zero-order chi connectivity index (χ0) is 30.3. The molecule has 0 fully saturated rings. The number of rotatable bonds is 5. The van der Waals surface area contributed by atoms with E-state index in [0.717, 1.165) is 30.3 Å². The van der Waals surface area contributed by atoms with Gasteiger partial charge in [0.15, 0.2) is 0 Å². The Balaban J connectivity index is 0.000000201. The molecular weight excluding hydrogens is 675 g/mol. The first-order valence-corrected chi connectivity index (χ1v) is 20.0. The van der Waals surface area contributed by atoms with Crippen molar-refractivity contribution in [2.24, 2.45) is 0 Å². The molecule has 0 radical (unpaired) electrons. The number of hydrogen-bond acceptors (Lipinski definition) is 0. The van der Waals surface area contributed by atoms with Gasteiger partial charge in [0.1, 0.15) is 0 Å². The monoisotopic (exact) mass is 726 g/mol. The Hall–Kier alpha value is -2.03. The van der Waals surface area contributed by atoms with Crippen LogP contribution in [0, 0.1) is 6.07 Å². The standard InChI is InChI=1S/C21H25.C13H20Si.C5H5.Hf/c1-20(2,3)15-11-10-14-12-18-16(17(14)13-15)8-7-9-19(18)21(4,5)6;1-5-14(6-2,7-3)13-10-8-12(4)9-11-13;1-2-4-5-3-1;/h7-9,11,13H,12H2,1-6H3;4,8-11H,5-7H2,1-3H3;1-5H;/q-1;;-1;+2. The molecule has 0 saturated heterocycles. The topological polar surface area (TPSA) is 0 Å². The maximum Gasteiger partial charge on any atom is -0.172 e. The van der Waals surface area contributed by atoms with Crippen molar-refractivity contribution in [2.75, 3.05) is 0 Å². The Morgan fingerprint density at radius 3 is 1.88 bits per heavy atom. The van der Waals surface area contributed by atoms with E-state index in [1.165, 1.54) is 57.1 Å². The molecular formula is C39H50HfSi. The fourth-order valence-electron chi connectivity index (χ4n) is 5.87. The van der Waals surface area contributed by atoms with E-state index in [2.05, 4.69) is 127 Å². The molecule has 0 aromatic heterocycles. The summed E-state index contributed by atoms with van der Waals surface area (Å²) in [5, 5.41) is 1.65. The summed E-state index contributed by atoms with van der Waals surface area (Å²) in [7, 11) is -1.13. The molecule has 1 aliphatic rings. The van der Waals surface area contributed by atoms with Crippen LogP contribution in [0.5, 0.6) is 0 Å². The number of fused-ring (bicyclic) bond motifs is 3. The molecule has 0 atom stereocenters. The normalized spacial score (nSPS) is 12.4. The maximum absolute atomic E-state index is 3.55. The van der Waals surface area contributed by atoms with Crippen LogP contribution >= 0.6 is 0 Å². The first-order valence-electron chi connectivity index (χ1n) is 15.4. The van der Waals surface area contributed by atoms with Gasteiger partial charge < -0.3 is 0 Å². The molecule has 0 unspecified atom stereocenters. The van der Waals surface area contributed by atoms with Gasteiger partial charge in [-0.2, -0.15) is 47.5 Å². The third-order valence-corrected chi connectivity index (χ3v) is 15.6. The molecule has 0 N–H and O–H groups in total. The minimum Gasteiger partial charge on any atom is -0.214 e. The SMILES string of the molecule is CC(C)(C)c1c[c-]c2c(c1)-c1cccc(C(C)(C)C)c1C2.CC[Si](CC)(CC)c1ccc([CH]=[Hf+2])cc1.c1cc[cH-]c1. The Bertz CT molecular complexity index is 1350. The summed E-state index contributed by atoms with van der Waals surface area (Å²) in [6.45, 7) is 20.8. The van der Waals surface area contributed by atoms with E-state index in [1.54, 1.807) is 5.19 Å². The molecule has 5 rings (SSSR count). The molecule has 0 spiro atoms. The van der Waals surface area contributed by atoms with Crippen LogP contribution < -0.4 is 5.19 Å². The summed E-state index contributed by atoms with van der Waals surface area (Å²) in [5.41, 5.74) is 10.3. The van der Waals surface area contributed by atoms with Crippen LogP contribution in [0.4, 0.5) is 0 Å². The van der Waals surface area contributed by atoms with Crippen LogP contribution in [-0.2, 0) is 41.1 Å². The van der Waals surface area contributed by atoms with Crippen LogP contribution in [0.15, 0.2) is 84.9 Å².